The average molecular weight is 362 g/mol. The van der Waals surface area contributed by atoms with Gasteiger partial charge in [-0.1, -0.05) is 18.2 Å². The van der Waals surface area contributed by atoms with E-state index in [4.69, 9.17) is 4.74 Å². The molecule has 0 aliphatic carbocycles. The highest BCUT2D eigenvalue weighted by Crippen LogP contribution is 2.18. The van der Waals surface area contributed by atoms with Gasteiger partial charge in [-0.25, -0.2) is 9.97 Å². The molecule has 0 bridgehead atoms. The molecule has 0 saturated carbocycles. The maximum absolute atomic E-state index is 12.4. The van der Waals surface area contributed by atoms with E-state index in [0.29, 0.717) is 18.1 Å². The Morgan fingerprint density at radius 1 is 1.00 bits per heavy atom. The van der Waals surface area contributed by atoms with E-state index >= 15 is 0 Å². The lowest BCUT2D eigenvalue weighted by Gasteiger charge is -2.09. The Balaban J connectivity index is 1.64. The zero-order valence-corrected chi connectivity index (χ0v) is 15.6. The predicted molar refractivity (Wildman–Crippen MR) is 105 cm³/mol. The third-order valence-electron chi connectivity index (χ3n) is 4.29. The van der Waals surface area contributed by atoms with Crippen molar-refractivity contribution in [1.29, 1.82) is 0 Å². The van der Waals surface area contributed by atoms with Gasteiger partial charge in [-0.05, 0) is 54.8 Å². The van der Waals surface area contributed by atoms with Crippen LogP contribution in [0.5, 0.6) is 5.75 Å². The van der Waals surface area contributed by atoms with Crippen molar-refractivity contribution in [3.05, 3.63) is 77.2 Å². The van der Waals surface area contributed by atoms with Crippen molar-refractivity contribution in [3.63, 3.8) is 0 Å². The first-order chi connectivity index (χ1) is 13.0. The van der Waals surface area contributed by atoms with Gasteiger partial charge >= 0.3 is 0 Å². The van der Waals surface area contributed by atoms with Gasteiger partial charge in [0.1, 0.15) is 23.6 Å². The van der Waals surface area contributed by atoms with Crippen molar-refractivity contribution >= 4 is 17.4 Å². The summed E-state index contributed by atoms with van der Waals surface area (Å²) in [6.45, 7) is 4.53. The number of carbonyl (C=O) groups is 1. The van der Waals surface area contributed by atoms with Gasteiger partial charge in [-0.2, -0.15) is 0 Å². The molecule has 2 N–H and O–H groups in total. The molecule has 0 spiro atoms. The number of nitrogens with one attached hydrogen (secondary N) is 2. The number of aryl methyl sites for hydroxylation is 2. The third-order valence-corrected chi connectivity index (χ3v) is 4.29. The second-order valence-electron chi connectivity index (χ2n) is 6.24. The van der Waals surface area contributed by atoms with Crippen LogP contribution in [0.1, 0.15) is 27.2 Å². The summed E-state index contributed by atoms with van der Waals surface area (Å²) in [6, 6.07) is 15.2. The number of methoxy groups -OCH3 is 1. The molecule has 1 aromatic heterocycles. The predicted octanol–water partition coefficient (Wildman–Crippen LogP) is 3.78. The molecule has 6 heteroatoms. The monoisotopic (exact) mass is 362 g/mol. The number of nitrogens with zero attached hydrogens (tertiary/aromatic N) is 2. The number of carbonyl (C=O) groups excluding carboxylic acids is 1. The zero-order valence-electron chi connectivity index (χ0n) is 15.6. The minimum absolute atomic E-state index is 0.253. The van der Waals surface area contributed by atoms with Crippen LogP contribution >= 0.6 is 0 Å². The summed E-state index contributed by atoms with van der Waals surface area (Å²) in [5.74, 6) is 1.10. The van der Waals surface area contributed by atoms with Crippen LogP contribution in [0.3, 0.4) is 0 Å². The highest BCUT2D eigenvalue weighted by molar-refractivity contribution is 5.92. The Morgan fingerprint density at radius 2 is 1.78 bits per heavy atom. The van der Waals surface area contributed by atoms with Crippen LogP contribution in [-0.2, 0) is 6.54 Å². The molecule has 138 valence electrons. The summed E-state index contributed by atoms with van der Waals surface area (Å²) in [5, 5.41) is 6.07. The second kappa shape index (κ2) is 8.31. The Morgan fingerprint density at radius 3 is 2.48 bits per heavy atom. The van der Waals surface area contributed by atoms with Crippen LogP contribution in [-0.4, -0.2) is 23.0 Å². The van der Waals surface area contributed by atoms with Crippen molar-refractivity contribution in [2.45, 2.75) is 20.4 Å². The second-order valence-corrected chi connectivity index (χ2v) is 6.24. The number of aromatic nitrogens is 2. The van der Waals surface area contributed by atoms with Gasteiger partial charge in [-0.3, -0.25) is 4.79 Å². The molecule has 0 saturated heterocycles. The van der Waals surface area contributed by atoms with E-state index in [-0.39, 0.29) is 5.91 Å². The van der Waals surface area contributed by atoms with Crippen molar-refractivity contribution in [2.75, 3.05) is 12.4 Å². The summed E-state index contributed by atoms with van der Waals surface area (Å²) >= 11 is 0. The molecule has 6 nitrogen and oxygen atoms in total. The quantitative estimate of drug-likeness (QED) is 0.698. The normalized spacial score (nSPS) is 10.3. The molecule has 0 radical (unpaired) electrons. The maximum Gasteiger partial charge on any atom is 0.270 e. The first-order valence-electron chi connectivity index (χ1n) is 8.62. The Hall–Kier alpha value is -3.41. The number of ether oxygens (including phenoxy) is 1. The lowest BCUT2D eigenvalue weighted by atomic mass is 10.1. The van der Waals surface area contributed by atoms with Crippen molar-refractivity contribution in [3.8, 4) is 5.75 Å². The SMILES string of the molecule is COc1ccc(CNC(=O)c2cc(Nc3ccc(C)c(C)c3)ncn2)cc1. The van der Waals surface area contributed by atoms with Crippen molar-refractivity contribution in [1.82, 2.24) is 15.3 Å². The minimum atomic E-state index is -0.253. The van der Waals surface area contributed by atoms with Crippen LogP contribution in [0.15, 0.2) is 54.9 Å². The van der Waals surface area contributed by atoms with Crippen molar-refractivity contribution in [2.24, 2.45) is 0 Å². The summed E-state index contributed by atoms with van der Waals surface area (Å²) in [4.78, 5) is 20.7. The van der Waals surface area contributed by atoms with Gasteiger partial charge in [0.25, 0.3) is 5.91 Å². The average Bonchev–Trinajstić information content (AvgIpc) is 2.69. The maximum atomic E-state index is 12.4. The first kappa shape index (κ1) is 18.4. The number of hydrogen-bond acceptors (Lipinski definition) is 5. The smallest absolute Gasteiger partial charge is 0.270 e. The lowest BCUT2D eigenvalue weighted by Crippen LogP contribution is -2.24. The van der Waals surface area contributed by atoms with E-state index < -0.39 is 0 Å². The van der Waals surface area contributed by atoms with Gasteiger partial charge in [0.05, 0.1) is 7.11 Å². The first-order valence-corrected chi connectivity index (χ1v) is 8.62. The van der Waals surface area contributed by atoms with Crippen LogP contribution < -0.4 is 15.4 Å². The van der Waals surface area contributed by atoms with E-state index in [1.807, 2.05) is 42.5 Å². The van der Waals surface area contributed by atoms with E-state index in [2.05, 4.69) is 34.4 Å². The van der Waals surface area contributed by atoms with Gasteiger partial charge in [-0.15, -0.1) is 0 Å². The van der Waals surface area contributed by atoms with Gasteiger partial charge in [0, 0.05) is 18.3 Å². The minimum Gasteiger partial charge on any atom is -0.497 e. The molecular weight excluding hydrogens is 340 g/mol. The topological polar surface area (TPSA) is 76.1 Å². The Kier molecular flexibility index (Phi) is 5.66. The Bertz CT molecular complexity index is 939. The van der Waals surface area contributed by atoms with E-state index in [1.165, 1.54) is 17.5 Å². The molecule has 2 aromatic carbocycles. The molecule has 1 heterocycles. The fourth-order valence-corrected chi connectivity index (χ4v) is 2.53. The Labute approximate surface area is 158 Å². The van der Waals surface area contributed by atoms with Crippen LogP contribution in [0.4, 0.5) is 11.5 Å². The molecule has 0 aliphatic rings. The summed E-state index contributed by atoms with van der Waals surface area (Å²) in [6.07, 6.45) is 1.38. The van der Waals surface area contributed by atoms with Crippen LogP contribution in [0.2, 0.25) is 0 Å². The highest BCUT2D eigenvalue weighted by atomic mass is 16.5. The molecule has 27 heavy (non-hydrogen) atoms. The van der Waals surface area contributed by atoms with E-state index in [9.17, 15) is 4.79 Å². The van der Waals surface area contributed by atoms with Gasteiger partial charge < -0.3 is 15.4 Å². The summed E-state index contributed by atoms with van der Waals surface area (Å²) in [5.41, 5.74) is 4.62. The summed E-state index contributed by atoms with van der Waals surface area (Å²) in [7, 11) is 1.62. The van der Waals surface area contributed by atoms with Crippen LogP contribution in [0.25, 0.3) is 0 Å². The number of benzene rings is 2. The van der Waals surface area contributed by atoms with Gasteiger partial charge in [0.15, 0.2) is 0 Å². The van der Waals surface area contributed by atoms with E-state index in [1.54, 1.807) is 13.2 Å². The number of amides is 1. The molecule has 0 aliphatic heterocycles. The fourth-order valence-electron chi connectivity index (χ4n) is 2.53. The van der Waals surface area contributed by atoms with E-state index in [0.717, 1.165) is 17.0 Å². The van der Waals surface area contributed by atoms with Crippen molar-refractivity contribution < 1.29 is 9.53 Å². The highest BCUT2D eigenvalue weighted by Gasteiger charge is 2.09. The fraction of sp³-hybridized carbons (Fsp3) is 0.190. The number of rotatable bonds is 6. The number of anilines is 2. The molecule has 0 unspecified atom stereocenters. The third kappa shape index (κ3) is 4.82. The molecule has 0 fully saturated rings. The van der Waals surface area contributed by atoms with Crippen LogP contribution in [0, 0.1) is 13.8 Å². The standard InChI is InChI=1S/C21H22N4O2/c1-14-4-7-17(10-15(14)2)25-20-11-19(23-13-24-20)21(26)22-12-16-5-8-18(27-3)9-6-16/h4-11,13H,12H2,1-3H3,(H,22,26)(H,23,24,25). The zero-order chi connectivity index (χ0) is 19.2. The molecular formula is C21H22N4O2. The number of hydrogen-bond donors (Lipinski definition) is 2. The molecule has 3 aromatic rings. The molecule has 3 rings (SSSR count). The summed E-state index contributed by atoms with van der Waals surface area (Å²) < 4.78 is 5.13. The lowest BCUT2D eigenvalue weighted by molar-refractivity contribution is 0.0946. The molecule has 0 atom stereocenters. The van der Waals surface area contributed by atoms with Gasteiger partial charge in [0.2, 0.25) is 0 Å². The molecule has 1 amide bonds. The largest absolute Gasteiger partial charge is 0.497 e.